The molecule has 0 amide bonds. The van der Waals surface area contributed by atoms with Crippen molar-refractivity contribution in [2.75, 3.05) is 31.6 Å². The highest BCUT2D eigenvalue weighted by atomic mass is 16.6. The van der Waals surface area contributed by atoms with Crippen molar-refractivity contribution in [1.82, 2.24) is 5.32 Å². The minimum absolute atomic E-state index is 0.0856. The van der Waals surface area contributed by atoms with Gasteiger partial charge in [-0.25, -0.2) is 0 Å². The van der Waals surface area contributed by atoms with Gasteiger partial charge in [0.1, 0.15) is 5.69 Å². The van der Waals surface area contributed by atoms with Crippen LogP contribution < -0.4 is 15.0 Å². The van der Waals surface area contributed by atoms with E-state index in [1.165, 1.54) is 20.0 Å². The highest BCUT2D eigenvalue weighted by molar-refractivity contribution is 5.69. The zero-order valence-corrected chi connectivity index (χ0v) is 13.0. The molecule has 1 aromatic carbocycles. The van der Waals surface area contributed by atoms with Crippen molar-refractivity contribution in [2.45, 2.75) is 31.7 Å². The van der Waals surface area contributed by atoms with Gasteiger partial charge in [0, 0.05) is 19.1 Å². The lowest BCUT2D eigenvalue weighted by Gasteiger charge is -2.36. The molecule has 0 saturated carbocycles. The number of hydrogen-bond donors (Lipinski definition) is 1. The van der Waals surface area contributed by atoms with E-state index in [2.05, 4.69) is 10.2 Å². The van der Waals surface area contributed by atoms with E-state index in [1.54, 1.807) is 6.07 Å². The van der Waals surface area contributed by atoms with Crippen LogP contribution in [0.2, 0.25) is 0 Å². The minimum atomic E-state index is -0.335. The molecule has 3 rings (SSSR count). The molecule has 1 N–H and O–H groups in total. The average molecular weight is 305 g/mol. The van der Waals surface area contributed by atoms with Gasteiger partial charge in [0.15, 0.2) is 5.75 Å². The third kappa shape index (κ3) is 2.88. The Hall–Kier alpha value is -1.82. The summed E-state index contributed by atoms with van der Waals surface area (Å²) in [4.78, 5) is 13.2. The van der Waals surface area contributed by atoms with Gasteiger partial charge in [-0.05, 0) is 50.3 Å². The maximum absolute atomic E-state index is 11.4. The summed E-state index contributed by atoms with van der Waals surface area (Å²) in [6, 6.07) is 5.94. The van der Waals surface area contributed by atoms with Crippen LogP contribution >= 0.6 is 0 Å². The smallest absolute Gasteiger partial charge is 0.333 e. The number of nitrogens with one attached hydrogen (secondary N) is 1. The van der Waals surface area contributed by atoms with Crippen molar-refractivity contribution in [3.8, 4) is 5.75 Å². The summed E-state index contributed by atoms with van der Waals surface area (Å²) >= 11 is 0. The molecular formula is C16H23N3O3. The molecule has 0 radical (unpaired) electrons. The van der Waals surface area contributed by atoms with Crippen molar-refractivity contribution >= 4 is 11.4 Å². The molecule has 0 spiro atoms. The maximum Gasteiger partial charge on any atom is 0.333 e. The molecule has 1 aromatic rings. The lowest BCUT2D eigenvalue weighted by molar-refractivity contribution is -0.385. The van der Waals surface area contributed by atoms with Gasteiger partial charge in [-0.3, -0.25) is 10.1 Å². The van der Waals surface area contributed by atoms with Crippen molar-refractivity contribution < 1.29 is 9.66 Å². The van der Waals surface area contributed by atoms with Crippen LogP contribution in [0.1, 0.15) is 25.7 Å². The minimum Gasteiger partial charge on any atom is -0.490 e. The van der Waals surface area contributed by atoms with Crippen LogP contribution in [0.5, 0.6) is 5.75 Å². The molecule has 1 atom stereocenters. The Balaban J connectivity index is 1.74. The molecule has 22 heavy (non-hydrogen) atoms. The Morgan fingerprint density at radius 2 is 2.09 bits per heavy atom. The quantitative estimate of drug-likeness (QED) is 0.684. The zero-order valence-electron chi connectivity index (χ0n) is 13.0. The predicted molar refractivity (Wildman–Crippen MR) is 85.6 cm³/mol. The topological polar surface area (TPSA) is 67.6 Å². The molecule has 2 aliphatic rings. The summed E-state index contributed by atoms with van der Waals surface area (Å²) < 4.78 is 5.16. The number of rotatable bonds is 4. The molecular weight excluding hydrogens is 282 g/mol. The molecule has 0 aliphatic carbocycles. The molecule has 1 unspecified atom stereocenters. The van der Waals surface area contributed by atoms with E-state index in [0.717, 1.165) is 32.5 Å². The predicted octanol–water partition coefficient (Wildman–Crippen LogP) is 2.57. The van der Waals surface area contributed by atoms with E-state index in [-0.39, 0.29) is 10.6 Å². The molecule has 0 bridgehead atoms. The number of piperidine rings is 1. The first-order valence-electron chi connectivity index (χ1n) is 8.00. The second-order valence-electron chi connectivity index (χ2n) is 6.11. The van der Waals surface area contributed by atoms with Gasteiger partial charge in [0.25, 0.3) is 0 Å². The third-order valence-electron chi connectivity index (χ3n) is 4.93. The highest BCUT2D eigenvalue weighted by Gasteiger charge is 2.31. The van der Waals surface area contributed by atoms with E-state index in [9.17, 15) is 10.1 Å². The van der Waals surface area contributed by atoms with E-state index in [0.29, 0.717) is 23.4 Å². The number of anilines is 1. The Morgan fingerprint density at radius 1 is 1.32 bits per heavy atom. The van der Waals surface area contributed by atoms with Crippen LogP contribution in [-0.2, 0) is 0 Å². The molecule has 2 fully saturated rings. The lowest BCUT2D eigenvalue weighted by Crippen LogP contribution is -2.41. The number of nitrogens with zero attached hydrogens (tertiary/aromatic N) is 2. The van der Waals surface area contributed by atoms with Crippen LogP contribution in [-0.4, -0.2) is 37.7 Å². The summed E-state index contributed by atoms with van der Waals surface area (Å²) in [5.41, 5.74) is 0.768. The molecule has 0 aromatic heterocycles. The van der Waals surface area contributed by atoms with Crippen LogP contribution in [0.15, 0.2) is 18.2 Å². The van der Waals surface area contributed by atoms with Gasteiger partial charge in [0.05, 0.1) is 12.0 Å². The summed E-state index contributed by atoms with van der Waals surface area (Å²) in [5.74, 6) is 1.03. The molecule has 120 valence electrons. The van der Waals surface area contributed by atoms with E-state index in [4.69, 9.17) is 4.74 Å². The summed E-state index contributed by atoms with van der Waals surface area (Å²) in [7, 11) is 1.48. The normalized spacial score (nSPS) is 22.8. The first-order chi connectivity index (χ1) is 10.7. The van der Waals surface area contributed by atoms with Gasteiger partial charge >= 0.3 is 5.69 Å². The van der Waals surface area contributed by atoms with Crippen molar-refractivity contribution in [1.29, 1.82) is 0 Å². The summed E-state index contributed by atoms with van der Waals surface area (Å²) in [6.45, 7) is 2.87. The number of para-hydroxylation sites is 1. The second-order valence-corrected chi connectivity index (χ2v) is 6.11. The van der Waals surface area contributed by atoms with E-state index >= 15 is 0 Å². The van der Waals surface area contributed by atoms with Crippen molar-refractivity contribution in [2.24, 2.45) is 5.92 Å². The largest absolute Gasteiger partial charge is 0.490 e. The monoisotopic (exact) mass is 305 g/mol. The number of methoxy groups -OCH3 is 1. The lowest BCUT2D eigenvalue weighted by atomic mass is 9.88. The fourth-order valence-electron chi connectivity index (χ4n) is 3.77. The Labute approximate surface area is 130 Å². The molecule has 6 heteroatoms. The van der Waals surface area contributed by atoms with Crippen molar-refractivity contribution in [3.05, 3.63) is 28.3 Å². The van der Waals surface area contributed by atoms with Gasteiger partial charge in [-0.1, -0.05) is 6.07 Å². The number of ether oxygens (including phenoxy) is 1. The average Bonchev–Trinajstić information content (AvgIpc) is 3.08. The van der Waals surface area contributed by atoms with Crippen LogP contribution in [0.3, 0.4) is 0 Å². The first kappa shape index (κ1) is 15.1. The van der Waals surface area contributed by atoms with Gasteiger partial charge in [0.2, 0.25) is 0 Å². The summed E-state index contributed by atoms with van der Waals surface area (Å²) in [5, 5.41) is 15.0. The van der Waals surface area contributed by atoms with E-state index < -0.39 is 0 Å². The summed E-state index contributed by atoms with van der Waals surface area (Å²) in [6.07, 6.45) is 4.72. The zero-order chi connectivity index (χ0) is 15.5. The van der Waals surface area contributed by atoms with Crippen LogP contribution in [0.25, 0.3) is 0 Å². The number of nitro groups is 1. The number of nitro benzene ring substituents is 1. The Kier molecular flexibility index (Phi) is 4.47. The molecule has 6 nitrogen and oxygen atoms in total. The molecule has 2 heterocycles. The number of benzene rings is 1. The molecule has 2 saturated heterocycles. The fourth-order valence-corrected chi connectivity index (χ4v) is 3.77. The van der Waals surface area contributed by atoms with Crippen LogP contribution in [0, 0.1) is 16.0 Å². The molecule has 2 aliphatic heterocycles. The Bertz CT molecular complexity index is 535. The van der Waals surface area contributed by atoms with Gasteiger partial charge in [-0.15, -0.1) is 0 Å². The first-order valence-corrected chi connectivity index (χ1v) is 8.00. The third-order valence-corrected chi connectivity index (χ3v) is 4.93. The second kappa shape index (κ2) is 6.52. The fraction of sp³-hybridized carbons (Fsp3) is 0.625. The van der Waals surface area contributed by atoms with Gasteiger partial charge in [-0.2, -0.15) is 0 Å². The Morgan fingerprint density at radius 3 is 2.68 bits per heavy atom. The van der Waals surface area contributed by atoms with Crippen LogP contribution in [0.4, 0.5) is 11.4 Å². The SMILES string of the molecule is COc1cccc(N2CCC(C3CCCN3)CC2)c1[N+](=O)[O-]. The van der Waals surface area contributed by atoms with E-state index in [1.807, 2.05) is 12.1 Å². The number of hydrogen-bond acceptors (Lipinski definition) is 5. The van der Waals surface area contributed by atoms with Crippen molar-refractivity contribution in [3.63, 3.8) is 0 Å². The highest BCUT2D eigenvalue weighted by Crippen LogP contribution is 2.39. The maximum atomic E-state index is 11.4. The standard InChI is InChI=1S/C16H23N3O3/c1-22-15-6-2-5-14(16(15)19(20)21)18-10-7-12(8-11-18)13-4-3-9-17-13/h2,5-6,12-13,17H,3-4,7-11H2,1H3. The van der Waals surface area contributed by atoms with Gasteiger partial charge < -0.3 is 15.0 Å².